The molecule has 2 aromatic carbocycles. The van der Waals surface area contributed by atoms with Gasteiger partial charge >= 0.3 is 0 Å². The van der Waals surface area contributed by atoms with Gasteiger partial charge in [0.05, 0.1) is 18.5 Å². The largest absolute Gasteiger partial charge is 0.343 e. The molecule has 0 spiro atoms. The predicted molar refractivity (Wildman–Crippen MR) is 130 cm³/mol. The third-order valence-electron chi connectivity index (χ3n) is 5.83. The first-order valence-electron chi connectivity index (χ1n) is 11.1. The van der Waals surface area contributed by atoms with Gasteiger partial charge in [0.15, 0.2) is 0 Å². The van der Waals surface area contributed by atoms with Crippen LogP contribution >= 0.6 is 11.3 Å². The molecular formula is C26H29N3O2S. The fourth-order valence-electron chi connectivity index (χ4n) is 4.12. The Morgan fingerprint density at radius 3 is 2.56 bits per heavy atom. The molecule has 0 radical (unpaired) electrons. The fraction of sp³-hybridized carbons (Fsp3) is 0.308. The van der Waals surface area contributed by atoms with Crippen molar-refractivity contribution in [2.24, 2.45) is 5.92 Å². The molecule has 0 aliphatic carbocycles. The summed E-state index contributed by atoms with van der Waals surface area (Å²) in [6.45, 7) is 3.78. The normalized spacial score (nSPS) is 17.5. The topological polar surface area (TPSA) is 61.4 Å². The number of piperidine rings is 1. The summed E-state index contributed by atoms with van der Waals surface area (Å²) >= 11 is 1.64. The van der Waals surface area contributed by atoms with Crippen LogP contribution in [0.5, 0.6) is 0 Å². The number of para-hydroxylation sites is 1. The lowest BCUT2D eigenvalue weighted by Gasteiger charge is -2.32. The molecule has 2 heterocycles. The van der Waals surface area contributed by atoms with Crippen LogP contribution in [0.3, 0.4) is 0 Å². The van der Waals surface area contributed by atoms with Gasteiger partial charge in [-0.3, -0.25) is 14.5 Å². The fourth-order valence-corrected chi connectivity index (χ4v) is 4.92. The highest BCUT2D eigenvalue weighted by Gasteiger charge is 2.28. The number of nitrogens with zero attached hydrogens (tertiary/aromatic N) is 1. The molecule has 166 valence electrons. The van der Waals surface area contributed by atoms with Crippen molar-refractivity contribution in [3.8, 4) is 0 Å². The standard InChI is InChI=1S/C26H29N3O2S/c1-19-11-13-20(14-12-19)25(23-10-6-16-32-23)28-24(30)18-29-15-5-7-21(17-29)26(31)27-22-8-3-2-4-9-22/h2-4,6,8-14,16,21,25H,5,7,15,17-18H2,1H3,(H,27,31)(H,28,30). The van der Waals surface area contributed by atoms with E-state index in [0.29, 0.717) is 13.1 Å². The van der Waals surface area contributed by atoms with Gasteiger partial charge in [-0.05, 0) is 55.5 Å². The minimum Gasteiger partial charge on any atom is -0.343 e. The number of likely N-dealkylation sites (tertiary alicyclic amines) is 1. The number of carbonyl (C=O) groups excluding carboxylic acids is 2. The van der Waals surface area contributed by atoms with Crippen LogP contribution in [0, 0.1) is 12.8 Å². The Kier molecular flexibility index (Phi) is 7.35. The van der Waals surface area contributed by atoms with Gasteiger partial charge in [0.1, 0.15) is 0 Å². The summed E-state index contributed by atoms with van der Waals surface area (Å²) in [6, 6.07) is 21.7. The summed E-state index contributed by atoms with van der Waals surface area (Å²) < 4.78 is 0. The predicted octanol–water partition coefficient (Wildman–Crippen LogP) is 4.61. The lowest BCUT2D eigenvalue weighted by atomic mass is 9.97. The molecule has 1 aromatic heterocycles. The van der Waals surface area contributed by atoms with E-state index < -0.39 is 0 Å². The minimum absolute atomic E-state index is 0.0203. The number of rotatable bonds is 7. The average molecular weight is 448 g/mol. The number of aryl methyl sites for hydroxylation is 1. The summed E-state index contributed by atoms with van der Waals surface area (Å²) in [7, 11) is 0. The molecule has 0 saturated carbocycles. The molecule has 1 aliphatic heterocycles. The van der Waals surface area contributed by atoms with Crippen molar-refractivity contribution >= 4 is 28.8 Å². The van der Waals surface area contributed by atoms with Crippen LogP contribution in [0.25, 0.3) is 0 Å². The molecule has 0 bridgehead atoms. The van der Waals surface area contributed by atoms with Gasteiger partial charge < -0.3 is 10.6 Å². The van der Waals surface area contributed by atoms with Crippen LogP contribution in [-0.2, 0) is 9.59 Å². The summed E-state index contributed by atoms with van der Waals surface area (Å²) in [5.41, 5.74) is 3.08. The lowest BCUT2D eigenvalue weighted by molar-refractivity contribution is -0.126. The zero-order chi connectivity index (χ0) is 22.3. The Morgan fingerprint density at radius 2 is 1.84 bits per heavy atom. The van der Waals surface area contributed by atoms with Crippen molar-refractivity contribution in [3.63, 3.8) is 0 Å². The number of hydrogen-bond donors (Lipinski definition) is 2. The van der Waals surface area contributed by atoms with E-state index in [1.165, 1.54) is 5.56 Å². The van der Waals surface area contributed by atoms with Crippen molar-refractivity contribution in [2.75, 3.05) is 25.0 Å². The number of benzene rings is 2. The van der Waals surface area contributed by atoms with Crippen LogP contribution < -0.4 is 10.6 Å². The Balaban J connectivity index is 1.36. The van der Waals surface area contributed by atoms with E-state index in [2.05, 4.69) is 52.8 Å². The minimum atomic E-state index is -0.162. The molecule has 1 saturated heterocycles. The maximum absolute atomic E-state index is 13.0. The highest BCUT2D eigenvalue weighted by Crippen LogP contribution is 2.26. The molecule has 2 atom stereocenters. The second kappa shape index (κ2) is 10.6. The van der Waals surface area contributed by atoms with Crippen LogP contribution in [0.2, 0.25) is 0 Å². The molecule has 1 fully saturated rings. The molecule has 3 aromatic rings. The first-order chi connectivity index (χ1) is 15.6. The van der Waals surface area contributed by atoms with E-state index in [0.717, 1.165) is 35.5 Å². The van der Waals surface area contributed by atoms with E-state index >= 15 is 0 Å². The Labute approximate surface area is 193 Å². The average Bonchev–Trinajstić information content (AvgIpc) is 3.34. The summed E-state index contributed by atoms with van der Waals surface area (Å²) in [6.07, 6.45) is 1.75. The monoisotopic (exact) mass is 447 g/mol. The molecule has 32 heavy (non-hydrogen) atoms. The first-order valence-corrected chi connectivity index (χ1v) is 11.9. The van der Waals surface area contributed by atoms with Gasteiger partial charge in [-0.1, -0.05) is 54.1 Å². The number of nitrogens with one attached hydrogen (secondary N) is 2. The smallest absolute Gasteiger partial charge is 0.234 e. The second-order valence-electron chi connectivity index (χ2n) is 8.36. The van der Waals surface area contributed by atoms with Gasteiger partial charge in [0.25, 0.3) is 0 Å². The third-order valence-corrected chi connectivity index (χ3v) is 6.77. The SMILES string of the molecule is Cc1ccc(C(NC(=O)CN2CCCC(C(=O)Nc3ccccc3)C2)c2cccs2)cc1. The highest BCUT2D eigenvalue weighted by atomic mass is 32.1. The van der Waals surface area contributed by atoms with Gasteiger partial charge in [-0.15, -0.1) is 11.3 Å². The van der Waals surface area contributed by atoms with E-state index in [1.807, 2.05) is 41.8 Å². The third kappa shape index (κ3) is 5.84. The number of amides is 2. The van der Waals surface area contributed by atoms with E-state index in [1.54, 1.807) is 11.3 Å². The lowest BCUT2D eigenvalue weighted by Crippen LogP contribution is -2.45. The Morgan fingerprint density at radius 1 is 1.06 bits per heavy atom. The molecule has 5 nitrogen and oxygen atoms in total. The number of anilines is 1. The van der Waals surface area contributed by atoms with Crippen molar-refractivity contribution in [1.29, 1.82) is 0 Å². The van der Waals surface area contributed by atoms with E-state index in [9.17, 15) is 9.59 Å². The molecule has 1 aliphatic rings. The molecule has 2 unspecified atom stereocenters. The zero-order valence-corrected chi connectivity index (χ0v) is 19.1. The number of thiophene rings is 1. The van der Waals surface area contributed by atoms with Crippen LogP contribution in [0.1, 0.15) is 34.9 Å². The van der Waals surface area contributed by atoms with Crippen molar-refractivity contribution in [2.45, 2.75) is 25.8 Å². The quantitative estimate of drug-likeness (QED) is 0.556. The van der Waals surface area contributed by atoms with Crippen LogP contribution in [0.15, 0.2) is 72.1 Å². The maximum atomic E-state index is 13.0. The van der Waals surface area contributed by atoms with Gasteiger partial charge in [0, 0.05) is 17.1 Å². The van der Waals surface area contributed by atoms with Crippen LogP contribution in [-0.4, -0.2) is 36.3 Å². The number of carbonyl (C=O) groups is 2. The van der Waals surface area contributed by atoms with Crippen molar-refractivity contribution in [3.05, 3.63) is 88.1 Å². The molecule has 4 rings (SSSR count). The summed E-state index contributed by atoms with van der Waals surface area (Å²) in [5, 5.41) is 8.24. The Bertz CT molecular complexity index is 1020. The van der Waals surface area contributed by atoms with Gasteiger partial charge in [-0.25, -0.2) is 0 Å². The second-order valence-corrected chi connectivity index (χ2v) is 9.34. The summed E-state index contributed by atoms with van der Waals surface area (Å²) in [5.74, 6) is -0.104. The molecule has 2 amide bonds. The molecule has 6 heteroatoms. The Hall–Kier alpha value is -2.96. The van der Waals surface area contributed by atoms with Crippen molar-refractivity contribution < 1.29 is 9.59 Å². The first kappa shape index (κ1) is 22.2. The highest BCUT2D eigenvalue weighted by molar-refractivity contribution is 7.10. The molecular weight excluding hydrogens is 418 g/mol. The van der Waals surface area contributed by atoms with Gasteiger partial charge in [-0.2, -0.15) is 0 Å². The molecule has 2 N–H and O–H groups in total. The van der Waals surface area contributed by atoms with Crippen LogP contribution in [0.4, 0.5) is 5.69 Å². The van der Waals surface area contributed by atoms with Crippen molar-refractivity contribution in [1.82, 2.24) is 10.2 Å². The van der Waals surface area contributed by atoms with E-state index in [-0.39, 0.29) is 23.8 Å². The maximum Gasteiger partial charge on any atom is 0.234 e. The van der Waals surface area contributed by atoms with Gasteiger partial charge in [0.2, 0.25) is 11.8 Å². The summed E-state index contributed by atoms with van der Waals surface area (Å²) in [4.78, 5) is 28.9. The van der Waals surface area contributed by atoms with E-state index in [4.69, 9.17) is 0 Å². The number of hydrogen-bond acceptors (Lipinski definition) is 4. The zero-order valence-electron chi connectivity index (χ0n) is 18.3.